The molecule has 3 heteroatoms. The predicted molar refractivity (Wildman–Crippen MR) is 55.5 cm³/mol. The maximum atomic E-state index is 5.41. The summed E-state index contributed by atoms with van der Waals surface area (Å²) < 4.78 is 10.3. The average Bonchev–Trinajstić information content (AvgIpc) is 2.17. The van der Waals surface area contributed by atoms with Gasteiger partial charge < -0.3 is 9.47 Å². The fourth-order valence-electron chi connectivity index (χ4n) is 1.27. The van der Waals surface area contributed by atoms with Gasteiger partial charge in [0.2, 0.25) is 0 Å². The van der Waals surface area contributed by atoms with Crippen molar-refractivity contribution < 1.29 is 9.47 Å². The SMILES string of the molecule is CCCc1nc(C)ccc1OCOC. The van der Waals surface area contributed by atoms with Gasteiger partial charge >= 0.3 is 0 Å². The molecule has 0 atom stereocenters. The van der Waals surface area contributed by atoms with Gasteiger partial charge in [0, 0.05) is 12.8 Å². The molecule has 1 aromatic rings. The van der Waals surface area contributed by atoms with Crippen molar-refractivity contribution in [3.05, 3.63) is 23.5 Å². The molecule has 1 heterocycles. The third kappa shape index (κ3) is 3.00. The van der Waals surface area contributed by atoms with Gasteiger partial charge in [-0.05, 0) is 25.5 Å². The Bertz CT molecular complexity index is 287. The standard InChI is InChI=1S/C11H17NO2/c1-4-5-10-11(14-8-13-3)7-6-9(2)12-10/h6-7H,4-5,8H2,1-3H3. The molecule has 0 aliphatic heterocycles. The summed E-state index contributed by atoms with van der Waals surface area (Å²) in [6.07, 6.45) is 2.01. The molecular formula is C11H17NO2. The number of hydrogen-bond acceptors (Lipinski definition) is 3. The van der Waals surface area contributed by atoms with E-state index in [1.54, 1.807) is 7.11 Å². The molecule has 3 nitrogen and oxygen atoms in total. The molecule has 0 aliphatic carbocycles. The van der Waals surface area contributed by atoms with Gasteiger partial charge in [-0.2, -0.15) is 0 Å². The van der Waals surface area contributed by atoms with Gasteiger partial charge in [0.1, 0.15) is 5.75 Å². The zero-order chi connectivity index (χ0) is 10.4. The fraction of sp³-hybridized carbons (Fsp3) is 0.545. The molecule has 0 spiro atoms. The summed E-state index contributed by atoms with van der Waals surface area (Å²) in [6, 6.07) is 3.90. The van der Waals surface area contributed by atoms with E-state index in [9.17, 15) is 0 Å². The molecule has 0 unspecified atom stereocenters. The Morgan fingerprint density at radius 2 is 2.14 bits per heavy atom. The topological polar surface area (TPSA) is 31.4 Å². The number of aromatic nitrogens is 1. The van der Waals surface area contributed by atoms with Crippen molar-refractivity contribution in [1.82, 2.24) is 4.98 Å². The van der Waals surface area contributed by atoms with Crippen molar-refractivity contribution in [3.8, 4) is 5.75 Å². The van der Waals surface area contributed by atoms with Crippen molar-refractivity contribution in [1.29, 1.82) is 0 Å². The summed E-state index contributed by atoms with van der Waals surface area (Å²) >= 11 is 0. The molecule has 0 N–H and O–H groups in total. The average molecular weight is 195 g/mol. The summed E-state index contributed by atoms with van der Waals surface area (Å²) in [5, 5.41) is 0. The zero-order valence-electron chi connectivity index (χ0n) is 9.04. The second kappa shape index (κ2) is 5.60. The van der Waals surface area contributed by atoms with E-state index in [-0.39, 0.29) is 6.79 Å². The molecule has 0 fully saturated rings. The number of pyridine rings is 1. The Balaban J connectivity index is 2.78. The molecule has 0 amide bonds. The zero-order valence-corrected chi connectivity index (χ0v) is 9.04. The Morgan fingerprint density at radius 1 is 1.36 bits per heavy atom. The maximum absolute atomic E-state index is 5.41. The molecule has 0 aromatic carbocycles. The van der Waals surface area contributed by atoms with Gasteiger partial charge in [-0.1, -0.05) is 13.3 Å². The first-order chi connectivity index (χ1) is 6.77. The molecule has 0 bridgehead atoms. The summed E-state index contributed by atoms with van der Waals surface area (Å²) in [4.78, 5) is 4.44. The number of hydrogen-bond donors (Lipinski definition) is 0. The molecular weight excluding hydrogens is 178 g/mol. The van der Waals surface area contributed by atoms with E-state index in [0.717, 1.165) is 30.0 Å². The monoisotopic (exact) mass is 195 g/mol. The second-order valence-corrected chi connectivity index (χ2v) is 3.20. The lowest BCUT2D eigenvalue weighted by Crippen LogP contribution is -2.03. The van der Waals surface area contributed by atoms with Gasteiger partial charge in [0.25, 0.3) is 0 Å². The highest BCUT2D eigenvalue weighted by Gasteiger charge is 2.04. The molecule has 14 heavy (non-hydrogen) atoms. The van der Waals surface area contributed by atoms with E-state index >= 15 is 0 Å². The van der Waals surface area contributed by atoms with Crippen molar-refractivity contribution in [2.75, 3.05) is 13.9 Å². The Hall–Kier alpha value is -1.09. The van der Waals surface area contributed by atoms with Crippen LogP contribution in [0.4, 0.5) is 0 Å². The van der Waals surface area contributed by atoms with Crippen molar-refractivity contribution in [3.63, 3.8) is 0 Å². The lowest BCUT2D eigenvalue weighted by Gasteiger charge is -2.09. The molecule has 0 saturated carbocycles. The largest absolute Gasteiger partial charge is 0.466 e. The van der Waals surface area contributed by atoms with E-state index in [4.69, 9.17) is 9.47 Å². The van der Waals surface area contributed by atoms with Crippen LogP contribution < -0.4 is 4.74 Å². The lowest BCUT2D eigenvalue weighted by atomic mass is 10.2. The number of nitrogens with zero attached hydrogens (tertiary/aromatic N) is 1. The van der Waals surface area contributed by atoms with Gasteiger partial charge in [0.05, 0.1) is 5.69 Å². The molecule has 0 aliphatic rings. The number of aryl methyl sites for hydroxylation is 2. The van der Waals surface area contributed by atoms with Crippen LogP contribution >= 0.6 is 0 Å². The number of ether oxygens (including phenoxy) is 2. The van der Waals surface area contributed by atoms with Gasteiger partial charge in [-0.15, -0.1) is 0 Å². The first kappa shape index (κ1) is 11.0. The van der Waals surface area contributed by atoms with Crippen LogP contribution in [0.1, 0.15) is 24.7 Å². The first-order valence-electron chi connectivity index (χ1n) is 4.86. The fourth-order valence-corrected chi connectivity index (χ4v) is 1.27. The van der Waals surface area contributed by atoms with Gasteiger partial charge in [-0.3, -0.25) is 4.98 Å². The minimum Gasteiger partial charge on any atom is -0.466 e. The summed E-state index contributed by atoms with van der Waals surface area (Å²) in [7, 11) is 1.61. The smallest absolute Gasteiger partial charge is 0.188 e. The third-order valence-corrected chi connectivity index (χ3v) is 1.89. The molecule has 78 valence electrons. The molecule has 1 aromatic heterocycles. The lowest BCUT2D eigenvalue weighted by molar-refractivity contribution is 0.0500. The highest BCUT2D eigenvalue weighted by atomic mass is 16.7. The third-order valence-electron chi connectivity index (χ3n) is 1.89. The highest BCUT2D eigenvalue weighted by molar-refractivity contribution is 5.29. The molecule has 0 saturated heterocycles. The second-order valence-electron chi connectivity index (χ2n) is 3.20. The van der Waals surface area contributed by atoms with Crippen LogP contribution in [0.2, 0.25) is 0 Å². The number of methoxy groups -OCH3 is 1. The normalized spacial score (nSPS) is 10.2. The highest BCUT2D eigenvalue weighted by Crippen LogP contribution is 2.18. The van der Waals surface area contributed by atoms with Crippen LogP contribution in [0.3, 0.4) is 0 Å². The van der Waals surface area contributed by atoms with Crippen LogP contribution in [-0.4, -0.2) is 18.9 Å². The van der Waals surface area contributed by atoms with Crippen molar-refractivity contribution >= 4 is 0 Å². The van der Waals surface area contributed by atoms with E-state index < -0.39 is 0 Å². The van der Waals surface area contributed by atoms with Crippen LogP contribution in [0.25, 0.3) is 0 Å². The van der Waals surface area contributed by atoms with Crippen LogP contribution in [-0.2, 0) is 11.2 Å². The summed E-state index contributed by atoms with van der Waals surface area (Å²) in [6.45, 7) is 4.39. The maximum Gasteiger partial charge on any atom is 0.188 e. The van der Waals surface area contributed by atoms with E-state index in [2.05, 4.69) is 11.9 Å². The van der Waals surface area contributed by atoms with E-state index in [0.29, 0.717) is 0 Å². The van der Waals surface area contributed by atoms with Gasteiger partial charge in [-0.25, -0.2) is 0 Å². The molecule has 0 radical (unpaired) electrons. The quantitative estimate of drug-likeness (QED) is 0.676. The number of rotatable bonds is 5. The minimum absolute atomic E-state index is 0.279. The Kier molecular flexibility index (Phi) is 4.40. The molecule has 1 rings (SSSR count). The first-order valence-corrected chi connectivity index (χ1v) is 4.86. The minimum atomic E-state index is 0.279. The van der Waals surface area contributed by atoms with E-state index in [1.165, 1.54) is 0 Å². The van der Waals surface area contributed by atoms with E-state index in [1.807, 2.05) is 19.1 Å². The summed E-state index contributed by atoms with van der Waals surface area (Å²) in [5.41, 5.74) is 2.04. The van der Waals surface area contributed by atoms with Gasteiger partial charge in [0.15, 0.2) is 6.79 Å². The summed E-state index contributed by atoms with van der Waals surface area (Å²) in [5.74, 6) is 0.833. The van der Waals surface area contributed by atoms with Crippen LogP contribution in [0.15, 0.2) is 12.1 Å². The van der Waals surface area contributed by atoms with Crippen LogP contribution in [0, 0.1) is 6.92 Å². The van der Waals surface area contributed by atoms with Crippen LogP contribution in [0.5, 0.6) is 5.75 Å². The Morgan fingerprint density at radius 3 is 2.79 bits per heavy atom. The van der Waals surface area contributed by atoms with Crippen molar-refractivity contribution in [2.24, 2.45) is 0 Å². The van der Waals surface area contributed by atoms with Crippen molar-refractivity contribution in [2.45, 2.75) is 26.7 Å². The Labute approximate surface area is 85.1 Å². The predicted octanol–water partition coefficient (Wildman–Crippen LogP) is 2.33.